The van der Waals surface area contributed by atoms with Crippen LogP contribution in [0.25, 0.3) is 0 Å². The number of aryl methyl sites for hydroxylation is 1. The number of piperidine rings is 1. The Kier molecular flexibility index (Phi) is 9.55. The monoisotopic (exact) mass is 510 g/mol. The number of hydrazone groups is 1. The summed E-state index contributed by atoms with van der Waals surface area (Å²) in [5.74, 6) is 5.86. The van der Waals surface area contributed by atoms with Gasteiger partial charge in [0.25, 0.3) is 0 Å². The lowest BCUT2D eigenvalue weighted by molar-refractivity contribution is 0.354. The van der Waals surface area contributed by atoms with Gasteiger partial charge in [-0.05, 0) is 68.3 Å². The zero-order valence-electron chi connectivity index (χ0n) is 19.1. The molecule has 2 heterocycles. The first-order chi connectivity index (χ1) is 16.3. The molecule has 14 heteroatoms. The highest BCUT2D eigenvalue weighted by Gasteiger charge is 2.29. The summed E-state index contributed by atoms with van der Waals surface area (Å²) in [6, 6.07) is 5.52. The van der Waals surface area contributed by atoms with E-state index in [2.05, 4.69) is 25.4 Å². The van der Waals surface area contributed by atoms with Crippen LogP contribution in [0.4, 0.5) is 5.69 Å². The van der Waals surface area contributed by atoms with E-state index < -0.39 is 10.0 Å². The van der Waals surface area contributed by atoms with E-state index in [0.717, 1.165) is 45.3 Å². The first kappa shape index (κ1) is 26.2. The largest absolute Gasteiger partial charge is 0.382 e. The third-order valence-electron chi connectivity index (χ3n) is 5.77. The molecule has 1 aliphatic rings. The maximum absolute atomic E-state index is 12.7. The molecule has 0 unspecified atom stereocenters. The minimum absolute atomic E-state index is 0.0493. The fraction of sp³-hybridized carbons (Fsp3) is 0.500. The van der Waals surface area contributed by atoms with Gasteiger partial charge in [0, 0.05) is 49.2 Å². The van der Waals surface area contributed by atoms with Crippen LogP contribution in [0.3, 0.4) is 0 Å². The Balaban J connectivity index is 1.85. The lowest BCUT2D eigenvalue weighted by Gasteiger charge is -2.35. The Bertz CT molecular complexity index is 1050. The number of aromatic nitrogens is 2. The third-order valence-corrected chi connectivity index (χ3v) is 7.80. The van der Waals surface area contributed by atoms with Crippen molar-refractivity contribution in [3.63, 3.8) is 0 Å². The molecule has 0 atom stereocenters. The lowest BCUT2D eigenvalue weighted by atomic mass is 9.93. The Morgan fingerprint density at radius 3 is 2.68 bits per heavy atom. The molecule has 34 heavy (non-hydrogen) atoms. The van der Waals surface area contributed by atoms with E-state index in [1.165, 1.54) is 11.9 Å². The molecule has 2 aromatic rings. The molecule has 1 aliphatic heterocycles. The van der Waals surface area contributed by atoms with Gasteiger partial charge in [0.05, 0.1) is 5.56 Å². The first-order valence-electron chi connectivity index (χ1n) is 11.2. The van der Waals surface area contributed by atoms with Crippen LogP contribution in [0.1, 0.15) is 31.2 Å². The number of amidine groups is 1. The third kappa shape index (κ3) is 6.84. The fourth-order valence-corrected chi connectivity index (χ4v) is 6.11. The number of sulfonamides is 1. The molecule has 0 bridgehead atoms. The molecule has 1 aromatic carbocycles. The molecule has 1 aromatic heterocycles. The predicted octanol–water partition coefficient (Wildman–Crippen LogP) is -0.134. The normalized spacial score (nSPS) is 15.6. The maximum atomic E-state index is 12.7. The van der Waals surface area contributed by atoms with Gasteiger partial charge in [-0.2, -0.15) is 5.10 Å². The van der Waals surface area contributed by atoms with Crippen molar-refractivity contribution in [2.75, 3.05) is 31.1 Å². The lowest BCUT2D eigenvalue weighted by Crippen LogP contribution is -2.37. The van der Waals surface area contributed by atoms with E-state index in [-0.39, 0.29) is 16.3 Å². The van der Waals surface area contributed by atoms with Gasteiger partial charge < -0.3 is 16.4 Å². The van der Waals surface area contributed by atoms with Crippen molar-refractivity contribution in [3.05, 3.63) is 36.2 Å². The highest BCUT2D eigenvalue weighted by atomic mass is 32.2. The van der Waals surface area contributed by atoms with Crippen LogP contribution in [-0.4, -0.2) is 50.2 Å². The van der Waals surface area contributed by atoms with Crippen LogP contribution >= 0.6 is 11.9 Å². The summed E-state index contributed by atoms with van der Waals surface area (Å²) in [5, 5.41) is 13.8. The summed E-state index contributed by atoms with van der Waals surface area (Å²) in [4.78, 5) is 2.49. The topological polar surface area (TPSA) is 196 Å². The van der Waals surface area contributed by atoms with Crippen molar-refractivity contribution in [1.82, 2.24) is 20.0 Å². The van der Waals surface area contributed by atoms with Gasteiger partial charge in [-0.15, -0.1) is 5.10 Å². The fourth-order valence-electron chi connectivity index (χ4n) is 4.07. The summed E-state index contributed by atoms with van der Waals surface area (Å²) in [6.45, 7) is 3.53. The van der Waals surface area contributed by atoms with Gasteiger partial charge in [0.15, 0.2) is 5.84 Å². The molecule has 0 amide bonds. The Labute approximate surface area is 204 Å². The summed E-state index contributed by atoms with van der Waals surface area (Å²) in [6.07, 6.45) is 7.47. The number of primary sulfonamides is 1. The van der Waals surface area contributed by atoms with Gasteiger partial charge in [-0.3, -0.25) is 9.40 Å². The number of hydrazine groups is 1. The number of rotatable bonds is 12. The highest BCUT2D eigenvalue weighted by molar-refractivity contribution is 7.98. The van der Waals surface area contributed by atoms with Crippen LogP contribution in [0.15, 0.2) is 45.5 Å². The average Bonchev–Trinajstić information content (AvgIpc) is 3.34. The van der Waals surface area contributed by atoms with Gasteiger partial charge in [-0.1, -0.05) is 0 Å². The second kappa shape index (κ2) is 12.4. The Morgan fingerprint density at radius 2 is 2.06 bits per heavy atom. The maximum Gasteiger partial charge on any atom is 0.240 e. The van der Waals surface area contributed by atoms with Crippen molar-refractivity contribution in [3.8, 4) is 0 Å². The van der Waals surface area contributed by atoms with E-state index in [1.54, 1.807) is 12.3 Å². The number of nitrogens with zero attached hydrogens (tertiary/aromatic N) is 4. The molecule has 10 N–H and O–H groups in total. The van der Waals surface area contributed by atoms with Crippen molar-refractivity contribution in [1.29, 1.82) is 0 Å². The van der Waals surface area contributed by atoms with Crippen molar-refractivity contribution >= 4 is 33.5 Å². The van der Waals surface area contributed by atoms with Crippen molar-refractivity contribution < 1.29 is 8.42 Å². The first-order valence-corrected chi connectivity index (χ1v) is 13.5. The van der Waals surface area contributed by atoms with E-state index in [4.69, 9.17) is 22.4 Å². The number of nitrogens with one attached hydrogen (secondary N) is 2. The predicted molar refractivity (Wildman–Crippen MR) is 135 cm³/mol. The van der Waals surface area contributed by atoms with Gasteiger partial charge in [0.2, 0.25) is 10.0 Å². The number of hydrogen-bond donors (Lipinski definition) is 6. The van der Waals surface area contributed by atoms with Gasteiger partial charge >= 0.3 is 0 Å². The van der Waals surface area contributed by atoms with E-state index in [9.17, 15) is 8.42 Å². The van der Waals surface area contributed by atoms with Crippen LogP contribution in [0, 0.1) is 5.92 Å². The molecule has 0 aliphatic carbocycles. The van der Waals surface area contributed by atoms with Crippen LogP contribution in [0.2, 0.25) is 0 Å². The summed E-state index contributed by atoms with van der Waals surface area (Å²) in [5.41, 5.74) is 14.8. The van der Waals surface area contributed by atoms with Gasteiger partial charge in [-0.25, -0.2) is 24.9 Å². The van der Waals surface area contributed by atoms with Crippen LogP contribution in [-0.2, 0) is 16.6 Å². The number of hydrogen-bond acceptors (Lipinski definition) is 10. The summed E-state index contributed by atoms with van der Waals surface area (Å²) >= 11 is 1.17. The molecule has 12 nitrogen and oxygen atoms in total. The van der Waals surface area contributed by atoms with E-state index in [1.807, 2.05) is 23.0 Å². The van der Waals surface area contributed by atoms with Crippen molar-refractivity contribution in [2.45, 2.75) is 42.0 Å². The quantitative estimate of drug-likeness (QED) is 0.0558. The zero-order chi connectivity index (χ0) is 24.6. The van der Waals surface area contributed by atoms with E-state index >= 15 is 0 Å². The second-order valence-electron chi connectivity index (χ2n) is 8.08. The molecule has 188 valence electrons. The molecule has 1 fully saturated rings. The van der Waals surface area contributed by atoms with Crippen molar-refractivity contribution in [2.24, 2.45) is 33.5 Å². The molecule has 0 radical (unpaired) electrons. The molecular formula is C20H34N10O2S2. The molecule has 3 rings (SSSR count). The molecule has 0 spiro atoms. The second-order valence-corrected chi connectivity index (χ2v) is 10.5. The number of benzene rings is 1. The summed E-state index contributed by atoms with van der Waals surface area (Å²) < 4.78 is 30.4. The minimum Gasteiger partial charge on any atom is -0.382 e. The Morgan fingerprint density at radius 1 is 1.29 bits per heavy atom. The van der Waals surface area contributed by atoms with Gasteiger partial charge in [0.1, 0.15) is 4.90 Å². The smallest absolute Gasteiger partial charge is 0.240 e. The molecule has 0 saturated carbocycles. The standard InChI is InChI=1S/C20H34N10O2S2/c21-8-1-10-26-33-17-4-3-16(18(20(22)27-28-23)19(17)34(24,31)32)29-12-5-15(6-13-29)7-14-30-11-2-9-25-30/h2-4,9,11,15,26,28H,1,5-8,10,12-14,21,23H2,(H2,22,27)(H2,24,31,32). The van der Waals surface area contributed by atoms with E-state index in [0.29, 0.717) is 29.6 Å². The zero-order valence-corrected chi connectivity index (χ0v) is 20.7. The average molecular weight is 511 g/mol. The summed E-state index contributed by atoms with van der Waals surface area (Å²) in [7, 11) is -4.13. The SMILES string of the molecule is NCCCNSc1ccc(N2CCC(CCn3cccn3)CC2)c(/C(N)=N/NN)c1S(N)(=O)=O. The minimum atomic E-state index is -4.13. The molecule has 1 saturated heterocycles. The van der Waals surface area contributed by atoms with Crippen LogP contribution in [0.5, 0.6) is 0 Å². The highest BCUT2D eigenvalue weighted by Crippen LogP contribution is 2.36. The Hall–Kier alpha value is -2.36. The number of nitrogens with two attached hydrogens (primary N) is 4. The number of anilines is 1. The molecular weight excluding hydrogens is 476 g/mol. The van der Waals surface area contributed by atoms with Crippen LogP contribution < -0.4 is 37.6 Å².